The molecule has 6 fully saturated rings. The van der Waals surface area contributed by atoms with E-state index in [0.717, 1.165) is 30.4 Å². The number of carbonyl (C=O) groups is 2. The van der Waals surface area contributed by atoms with Crippen molar-refractivity contribution in [2.24, 2.45) is 34.0 Å². The number of ether oxygens (including phenoxy) is 2. The van der Waals surface area contributed by atoms with Gasteiger partial charge in [0.2, 0.25) is 5.79 Å². The molecule has 7 rings (SSSR count). The van der Waals surface area contributed by atoms with Crippen molar-refractivity contribution >= 4 is 17.3 Å². The Kier molecular flexibility index (Phi) is 5.10. The molecule has 2 N–H and O–H groups in total. The molecule has 1 aromatic carbocycles. The number of rotatable bonds is 3. The second-order valence-electron chi connectivity index (χ2n) is 12.5. The lowest BCUT2D eigenvalue weighted by atomic mass is 9.36. The average molecular weight is 493 g/mol. The third-order valence-electron chi connectivity index (χ3n) is 10.5. The summed E-state index contributed by atoms with van der Waals surface area (Å²) in [5, 5.41) is 24.0. The maximum atomic E-state index is 14.1. The maximum Gasteiger partial charge on any atom is 0.331 e. The second-order valence-corrected chi connectivity index (χ2v) is 12.5. The van der Waals surface area contributed by atoms with E-state index in [1.807, 2.05) is 37.3 Å². The van der Waals surface area contributed by atoms with Crippen molar-refractivity contribution in [3.63, 3.8) is 0 Å². The first-order valence-corrected chi connectivity index (χ1v) is 13.2. The van der Waals surface area contributed by atoms with Crippen molar-refractivity contribution in [2.75, 3.05) is 6.61 Å². The summed E-state index contributed by atoms with van der Waals surface area (Å²) in [4.78, 5) is 27.3. The summed E-state index contributed by atoms with van der Waals surface area (Å²) in [5.41, 5.74) is -0.197. The van der Waals surface area contributed by atoms with Gasteiger partial charge in [0.15, 0.2) is 5.78 Å². The van der Waals surface area contributed by atoms with Crippen LogP contribution < -0.4 is 0 Å². The van der Waals surface area contributed by atoms with Gasteiger partial charge < -0.3 is 19.7 Å². The number of aliphatic hydroxyl groups excluding tert-OH is 1. The molecule has 192 valence electrons. The third kappa shape index (κ3) is 2.73. The minimum absolute atomic E-state index is 0.206. The van der Waals surface area contributed by atoms with Crippen LogP contribution in [-0.4, -0.2) is 46.6 Å². The zero-order chi connectivity index (χ0) is 25.7. The maximum absolute atomic E-state index is 14.1. The second kappa shape index (κ2) is 7.62. The van der Waals surface area contributed by atoms with Crippen LogP contribution in [0.15, 0.2) is 48.6 Å². The summed E-state index contributed by atoms with van der Waals surface area (Å²) in [7, 11) is 0. The lowest BCUT2D eigenvalue weighted by molar-refractivity contribution is -0.448. The van der Waals surface area contributed by atoms with Gasteiger partial charge in [0.05, 0.1) is 6.61 Å². The summed E-state index contributed by atoms with van der Waals surface area (Å²) in [6.45, 7) is 10.5. The number of hydrogen-bond acceptors (Lipinski definition) is 6. The molecular formula is C30H36O6. The van der Waals surface area contributed by atoms with Crippen LogP contribution in [-0.2, 0) is 19.1 Å². The van der Waals surface area contributed by atoms with Crippen LogP contribution in [0.25, 0.3) is 5.57 Å². The topological polar surface area (TPSA) is 93.1 Å². The molecule has 2 aliphatic heterocycles. The highest BCUT2D eigenvalue weighted by Gasteiger charge is 2.86. The summed E-state index contributed by atoms with van der Waals surface area (Å²) in [5.74, 6) is -3.85. The molecule has 2 heterocycles. The van der Waals surface area contributed by atoms with Crippen molar-refractivity contribution in [3.8, 4) is 0 Å². The molecule has 2 saturated heterocycles. The van der Waals surface area contributed by atoms with Gasteiger partial charge in [0.25, 0.3) is 0 Å². The SMILES string of the molecule is C=C1C(=O)[C@]23[C@H](OC(=O)/C=C(\C)c4ccccc4)[C@H]1CC[C@H]2[C@]12CCCC(C)(C)[C@H]1[C@H](O)[C@@]3(O)OC2. The van der Waals surface area contributed by atoms with Crippen LogP contribution in [0.5, 0.6) is 0 Å². The monoisotopic (exact) mass is 492 g/mol. The molecule has 4 bridgehead atoms. The van der Waals surface area contributed by atoms with Crippen LogP contribution in [0.3, 0.4) is 0 Å². The molecule has 4 aliphatic carbocycles. The first-order valence-electron chi connectivity index (χ1n) is 13.2. The fourth-order valence-electron chi connectivity index (χ4n) is 9.25. The summed E-state index contributed by atoms with van der Waals surface area (Å²) in [6.07, 6.45) is 3.36. The summed E-state index contributed by atoms with van der Waals surface area (Å²) in [6, 6.07) is 9.55. The lowest BCUT2D eigenvalue weighted by Crippen LogP contribution is -2.83. The Morgan fingerprint density at radius 3 is 2.64 bits per heavy atom. The molecule has 1 aromatic rings. The van der Waals surface area contributed by atoms with Crippen molar-refractivity contribution in [3.05, 3.63) is 54.1 Å². The molecule has 2 spiro atoms. The normalized spacial score (nSPS) is 44.7. The van der Waals surface area contributed by atoms with E-state index in [4.69, 9.17) is 9.47 Å². The van der Waals surface area contributed by atoms with Gasteiger partial charge >= 0.3 is 5.97 Å². The Morgan fingerprint density at radius 2 is 1.92 bits per heavy atom. The van der Waals surface area contributed by atoms with Crippen molar-refractivity contribution in [2.45, 2.75) is 70.9 Å². The fourth-order valence-corrected chi connectivity index (χ4v) is 9.25. The summed E-state index contributed by atoms with van der Waals surface area (Å²) >= 11 is 0. The molecule has 6 nitrogen and oxygen atoms in total. The van der Waals surface area contributed by atoms with Crippen molar-refractivity contribution < 1.29 is 29.3 Å². The summed E-state index contributed by atoms with van der Waals surface area (Å²) < 4.78 is 12.3. The van der Waals surface area contributed by atoms with Crippen molar-refractivity contribution in [1.29, 1.82) is 0 Å². The predicted octanol–water partition coefficient (Wildman–Crippen LogP) is 4.06. The zero-order valence-electron chi connectivity index (χ0n) is 21.3. The Hall–Kier alpha value is -2.28. The Bertz CT molecular complexity index is 1170. The molecular weight excluding hydrogens is 456 g/mol. The molecule has 8 atom stereocenters. The molecule has 4 saturated carbocycles. The number of ketones is 1. The molecule has 6 heteroatoms. The minimum Gasteiger partial charge on any atom is -0.457 e. The predicted molar refractivity (Wildman–Crippen MR) is 133 cm³/mol. The molecule has 0 unspecified atom stereocenters. The number of esters is 1. The van der Waals surface area contributed by atoms with E-state index < -0.39 is 40.7 Å². The Morgan fingerprint density at radius 1 is 1.19 bits per heavy atom. The van der Waals surface area contributed by atoms with Gasteiger partial charge in [-0.1, -0.05) is 57.2 Å². The highest BCUT2D eigenvalue weighted by Crippen LogP contribution is 2.76. The van der Waals surface area contributed by atoms with Gasteiger partial charge in [-0.15, -0.1) is 0 Å². The zero-order valence-corrected chi connectivity index (χ0v) is 21.3. The molecule has 0 amide bonds. The fraction of sp³-hybridized carbons (Fsp3) is 0.600. The first-order chi connectivity index (χ1) is 17.0. The van der Waals surface area contributed by atoms with E-state index in [-0.39, 0.29) is 23.0 Å². The number of carbonyl (C=O) groups excluding carboxylic acids is 2. The van der Waals surface area contributed by atoms with E-state index in [2.05, 4.69) is 20.4 Å². The third-order valence-corrected chi connectivity index (χ3v) is 10.5. The van der Waals surface area contributed by atoms with Gasteiger partial charge in [-0.05, 0) is 60.6 Å². The van der Waals surface area contributed by atoms with E-state index in [9.17, 15) is 19.8 Å². The largest absolute Gasteiger partial charge is 0.457 e. The average Bonchev–Trinajstić information content (AvgIpc) is 2.95. The number of allylic oxidation sites excluding steroid dienone is 1. The smallest absolute Gasteiger partial charge is 0.331 e. The van der Waals surface area contributed by atoms with Gasteiger partial charge in [-0.25, -0.2) is 4.79 Å². The highest BCUT2D eigenvalue weighted by molar-refractivity contribution is 6.05. The molecule has 36 heavy (non-hydrogen) atoms. The molecule has 6 aliphatic rings. The van der Waals surface area contributed by atoms with Crippen LogP contribution in [0.1, 0.15) is 58.4 Å². The number of hydrogen-bond donors (Lipinski definition) is 2. The van der Waals surface area contributed by atoms with Crippen molar-refractivity contribution in [1.82, 2.24) is 0 Å². The van der Waals surface area contributed by atoms with Gasteiger partial charge in [0, 0.05) is 23.3 Å². The van der Waals surface area contributed by atoms with Crippen LogP contribution >= 0.6 is 0 Å². The molecule has 0 aromatic heterocycles. The quantitative estimate of drug-likeness (QED) is 0.488. The van der Waals surface area contributed by atoms with Crippen LogP contribution in [0, 0.1) is 34.0 Å². The van der Waals surface area contributed by atoms with E-state index in [1.165, 1.54) is 6.08 Å². The van der Waals surface area contributed by atoms with Crippen LogP contribution in [0.2, 0.25) is 0 Å². The van der Waals surface area contributed by atoms with Gasteiger partial charge in [0.1, 0.15) is 17.6 Å². The van der Waals surface area contributed by atoms with E-state index in [0.29, 0.717) is 25.0 Å². The minimum atomic E-state index is -2.13. The Balaban J connectivity index is 1.45. The number of fused-ring (bicyclic) bond motifs is 2. The lowest BCUT2D eigenvalue weighted by Gasteiger charge is -2.73. The van der Waals surface area contributed by atoms with E-state index in [1.54, 1.807) is 0 Å². The van der Waals surface area contributed by atoms with Crippen LogP contribution in [0.4, 0.5) is 0 Å². The Labute approximate surface area is 212 Å². The van der Waals surface area contributed by atoms with Gasteiger partial charge in [-0.2, -0.15) is 0 Å². The first kappa shape index (κ1) is 24.1. The number of Topliss-reactive ketones (excluding diaryl/α,β-unsaturated/α-hetero) is 1. The van der Waals surface area contributed by atoms with Gasteiger partial charge in [-0.3, -0.25) is 4.79 Å². The molecule has 0 radical (unpaired) electrons. The van der Waals surface area contributed by atoms with E-state index >= 15 is 0 Å². The number of aliphatic hydroxyl groups is 2. The highest BCUT2D eigenvalue weighted by atomic mass is 16.6. The standard InChI is InChI=1S/C30H36O6/c1-17(19-9-6-5-7-10-19)15-22(31)36-26-20-11-12-21-28-14-8-13-27(3,4)23(28)25(33)30(34,35-16-28)29(21,26)24(32)18(20)2/h5-7,9-10,15,20-21,23,25-26,33-34H,2,8,11-14,16H2,1,3-4H3/b17-15+/t20-,21-,23+,25-,26+,28+,29-,30+/m0/s1. The number of benzene rings is 1.